The largest absolute Gasteiger partial charge is 0.366 e. The fraction of sp³-hybridized carbons (Fsp3) is 0.571. The number of anilines is 1. The first kappa shape index (κ1) is 16.7. The number of rotatable bonds is 4. The molecule has 3 aliphatic heterocycles. The van der Waals surface area contributed by atoms with Crippen LogP contribution in [0.25, 0.3) is 11.4 Å². The summed E-state index contributed by atoms with van der Waals surface area (Å²) in [6, 6.07) is 7.85. The molecule has 7 heteroatoms. The van der Waals surface area contributed by atoms with Crippen molar-refractivity contribution in [3.8, 4) is 11.4 Å². The average Bonchev–Trinajstić information content (AvgIpc) is 3.40. The molecule has 146 valence electrons. The predicted molar refractivity (Wildman–Crippen MR) is 102 cm³/mol. The summed E-state index contributed by atoms with van der Waals surface area (Å²) in [4.78, 5) is 18.7. The van der Waals surface area contributed by atoms with Crippen LogP contribution in [0, 0.1) is 0 Å². The van der Waals surface area contributed by atoms with Crippen LogP contribution < -0.4 is 10.6 Å². The van der Waals surface area contributed by atoms with E-state index in [1.165, 1.54) is 6.42 Å². The van der Waals surface area contributed by atoms with E-state index in [2.05, 4.69) is 5.16 Å². The van der Waals surface area contributed by atoms with Crippen LogP contribution in [0.1, 0.15) is 50.8 Å². The van der Waals surface area contributed by atoms with Crippen molar-refractivity contribution in [1.82, 2.24) is 10.1 Å². The molecule has 28 heavy (non-hydrogen) atoms. The zero-order chi connectivity index (χ0) is 19.0. The van der Waals surface area contributed by atoms with Gasteiger partial charge in [0, 0.05) is 30.8 Å². The summed E-state index contributed by atoms with van der Waals surface area (Å²) in [6.45, 7) is 1.31. The molecule has 3 saturated heterocycles. The van der Waals surface area contributed by atoms with Crippen molar-refractivity contribution in [2.75, 3.05) is 18.0 Å². The molecule has 1 aromatic carbocycles. The van der Waals surface area contributed by atoms with Crippen LogP contribution in [0.15, 0.2) is 28.8 Å². The molecule has 2 aliphatic carbocycles. The van der Waals surface area contributed by atoms with Crippen LogP contribution >= 0.6 is 0 Å². The van der Waals surface area contributed by atoms with Gasteiger partial charge in [-0.2, -0.15) is 4.98 Å². The minimum absolute atomic E-state index is 0.167. The molecule has 1 amide bonds. The van der Waals surface area contributed by atoms with Gasteiger partial charge in [0.25, 0.3) is 0 Å². The first-order valence-corrected chi connectivity index (χ1v) is 10.2. The Labute approximate surface area is 163 Å². The Morgan fingerprint density at radius 1 is 1.21 bits per heavy atom. The van der Waals surface area contributed by atoms with E-state index in [9.17, 15) is 4.79 Å². The second kappa shape index (κ2) is 5.42. The third-order valence-corrected chi connectivity index (χ3v) is 7.39. The third-order valence-electron chi connectivity index (χ3n) is 7.39. The molecule has 1 spiro atoms. The number of nitrogens with zero attached hydrogens (tertiary/aromatic N) is 3. The molecule has 2 saturated carbocycles. The number of nitrogens with two attached hydrogens (primary N) is 1. The van der Waals surface area contributed by atoms with Crippen molar-refractivity contribution in [3.63, 3.8) is 0 Å². The lowest BCUT2D eigenvalue weighted by molar-refractivity contribution is -0.117. The van der Waals surface area contributed by atoms with Crippen LogP contribution in [0.4, 0.5) is 5.69 Å². The van der Waals surface area contributed by atoms with Crippen molar-refractivity contribution in [1.29, 1.82) is 0 Å². The minimum Gasteiger partial charge on any atom is -0.366 e. The van der Waals surface area contributed by atoms with Gasteiger partial charge in [0.15, 0.2) is 0 Å². The van der Waals surface area contributed by atoms with Gasteiger partial charge >= 0.3 is 0 Å². The maximum atomic E-state index is 12.1. The monoisotopic (exact) mass is 380 g/mol. The quantitative estimate of drug-likeness (QED) is 0.876. The molecule has 4 heterocycles. The van der Waals surface area contributed by atoms with Gasteiger partial charge in [-0.15, -0.1) is 0 Å². The summed E-state index contributed by atoms with van der Waals surface area (Å²) >= 11 is 0. The number of carbonyl (C=O) groups is 1. The Morgan fingerprint density at radius 3 is 2.75 bits per heavy atom. The van der Waals surface area contributed by atoms with E-state index in [0.717, 1.165) is 49.9 Å². The Bertz CT molecular complexity index is 958. The number of ether oxygens (including phenoxy) is 1. The van der Waals surface area contributed by atoms with Crippen LogP contribution in [-0.2, 0) is 14.9 Å². The smallest absolute Gasteiger partial charge is 0.236 e. The van der Waals surface area contributed by atoms with Crippen LogP contribution in [-0.4, -0.2) is 40.3 Å². The lowest BCUT2D eigenvalue weighted by Crippen LogP contribution is -2.57. The van der Waals surface area contributed by atoms with E-state index in [4.69, 9.17) is 20.0 Å². The second-order valence-electron chi connectivity index (χ2n) is 8.90. The van der Waals surface area contributed by atoms with Crippen LogP contribution in [0.3, 0.4) is 0 Å². The van der Waals surface area contributed by atoms with Gasteiger partial charge in [-0.05, 0) is 50.7 Å². The average molecular weight is 380 g/mol. The lowest BCUT2D eigenvalue weighted by Gasteiger charge is -2.48. The molecular weight excluding hydrogens is 356 g/mol. The summed E-state index contributed by atoms with van der Waals surface area (Å²) in [5.74, 6) is 1.43. The van der Waals surface area contributed by atoms with Gasteiger partial charge in [0.2, 0.25) is 17.6 Å². The standard InChI is InChI=1S/C21H24N4O3/c22-13-19-11-20(12-19,21(28-19)7-3-8-21)18-23-17(24-27-18)14-4-1-5-15(10-14)25-9-2-6-16(25)26/h1,4-5,10H,2-3,6-9,11-13,22H2. The zero-order valence-corrected chi connectivity index (χ0v) is 15.8. The molecule has 5 aliphatic rings. The molecule has 5 fully saturated rings. The highest BCUT2D eigenvalue weighted by atomic mass is 16.5. The van der Waals surface area contributed by atoms with Gasteiger partial charge in [-0.25, -0.2) is 0 Å². The minimum atomic E-state index is -0.203. The van der Waals surface area contributed by atoms with E-state index in [1.807, 2.05) is 29.2 Å². The summed E-state index contributed by atoms with van der Waals surface area (Å²) < 4.78 is 12.3. The van der Waals surface area contributed by atoms with E-state index in [-0.39, 0.29) is 22.5 Å². The Hall–Kier alpha value is -2.25. The van der Waals surface area contributed by atoms with Crippen LogP contribution in [0.5, 0.6) is 0 Å². The number of hydrogen-bond donors (Lipinski definition) is 1. The topological polar surface area (TPSA) is 94.5 Å². The summed E-state index contributed by atoms with van der Waals surface area (Å²) in [7, 11) is 0. The highest BCUT2D eigenvalue weighted by molar-refractivity contribution is 5.95. The summed E-state index contributed by atoms with van der Waals surface area (Å²) in [5, 5.41) is 4.28. The maximum absolute atomic E-state index is 12.1. The Balaban J connectivity index is 1.33. The van der Waals surface area contributed by atoms with Gasteiger partial charge in [-0.1, -0.05) is 17.3 Å². The van der Waals surface area contributed by atoms with E-state index >= 15 is 0 Å². The SMILES string of the molecule is NCC12CC(c3nc(-c4cccc(N5CCCC5=O)c4)no3)(C1)C1(CCC1)O2. The van der Waals surface area contributed by atoms with E-state index < -0.39 is 0 Å². The fourth-order valence-electron chi connectivity index (χ4n) is 5.83. The molecule has 2 aromatic rings. The number of amides is 1. The lowest BCUT2D eigenvalue weighted by atomic mass is 9.51. The molecule has 7 rings (SSSR count). The Kier molecular flexibility index (Phi) is 3.23. The van der Waals surface area contributed by atoms with Crippen molar-refractivity contribution in [3.05, 3.63) is 30.2 Å². The number of aromatic nitrogens is 2. The number of hydrogen-bond acceptors (Lipinski definition) is 6. The molecular formula is C21H24N4O3. The molecule has 2 N–H and O–H groups in total. The third kappa shape index (κ3) is 1.98. The first-order chi connectivity index (χ1) is 13.6. The predicted octanol–water partition coefficient (Wildman–Crippen LogP) is 2.55. The second-order valence-corrected chi connectivity index (χ2v) is 8.90. The van der Waals surface area contributed by atoms with E-state index in [1.54, 1.807) is 0 Å². The molecule has 0 radical (unpaired) electrons. The first-order valence-electron chi connectivity index (χ1n) is 10.2. The summed E-state index contributed by atoms with van der Waals surface area (Å²) in [5.41, 5.74) is 7.22. The van der Waals surface area contributed by atoms with Crippen LogP contribution in [0.2, 0.25) is 0 Å². The highest BCUT2D eigenvalue weighted by Crippen LogP contribution is 2.71. The van der Waals surface area contributed by atoms with Gasteiger partial charge in [0.05, 0.1) is 16.6 Å². The molecule has 0 unspecified atom stereocenters. The Morgan fingerprint density at radius 2 is 2.07 bits per heavy atom. The molecule has 1 aromatic heterocycles. The normalized spacial score (nSPS) is 32.6. The molecule has 0 atom stereocenters. The van der Waals surface area contributed by atoms with Crippen molar-refractivity contribution in [2.45, 2.75) is 61.6 Å². The van der Waals surface area contributed by atoms with Gasteiger partial charge < -0.3 is 19.9 Å². The maximum Gasteiger partial charge on any atom is 0.236 e. The van der Waals surface area contributed by atoms with Crippen molar-refractivity contribution >= 4 is 11.6 Å². The van der Waals surface area contributed by atoms with Gasteiger partial charge in [0.1, 0.15) is 0 Å². The molecule has 2 bridgehead atoms. The molecule has 7 nitrogen and oxygen atoms in total. The number of benzene rings is 1. The van der Waals surface area contributed by atoms with Crippen molar-refractivity contribution < 1.29 is 14.1 Å². The van der Waals surface area contributed by atoms with E-state index in [0.29, 0.717) is 24.7 Å². The van der Waals surface area contributed by atoms with Crippen molar-refractivity contribution in [2.24, 2.45) is 5.73 Å². The zero-order valence-electron chi connectivity index (χ0n) is 15.8. The summed E-state index contributed by atoms with van der Waals surface area (Å²) in [6.07, 6.45) is 6.53. The fourth-order valence-corrected chi connectivity index (χ4v) is 5.83. The highest BCUT2D eigenvalue weighted by Gasteiger charge is 2.78. The van der Waals surface area contributed by atoms with Gasteiger partial charge in [-0.3, -0.25) is 4.79 Å². The number of carbonyl (C=O) groups excluding carboxylic acids is 1.